The van der Waals surface area contributed by atoms with Gasteiger partial charge >= 0.3 is 0 Å². The molecule has 0 bridgehead atoms. The summed E-state index contributed by atoms with van der Waals surface area (Å²) in [6, 6.07) is 0. The fourth-order valence-electron chi connectivity index (χ4n) is 5.89. The summed E-state index contributed by atoms with van der Waals surface area (Å²) in [5.74, 6) is 0. The Hall–Kier alpha value is -0.120. The first-order valence-electron chi connectivity index (χ1n) is 18.2. The summed E-state index contributed by atoms with van der Waals surface area (Å²) in [6.07, 6.45) is 36.0. The van der Waals surface area contributed by atoms with E-state index < -0.39 is 0 Å². The van der Waals surface area contributed by atoms with Gasteiger partial charge in [-0.15, -0.1) is 0 Å². The summed E-state index contributed by atoms with van der Waals surface area (Å²) in [7, 11) is 0. The molecule has 2 unspecified atom stereocenters. The lowest BCUT2D eigenvalue weighted by Crippen LogP contribution is -2.38. The second kappa shape index (κ2) is 32.4. The molecular formula is C36H75NO2. The number of aliphatic hydroxyl groups is 2. The molecular weight excluding hydrogens is 478 g/mol. The van der Waals surface area contributed by atoms with Gasteiger partial charge < -0.3 is 10.2 Å². The van der Waals surface area contributed by atoms with E-state index in [0.29, 0.717) is 0 Å². The first kappa shape index (κ1) is 38.9. The molecule has 0 aromatic carbocycles. The van der Waals surface area contributed by atoms with E-state index in [9.17, 15) is 10.2 Å². The second-order valence-corrected chi connectivity index (χ2v) is 12.8. The van der Waals surface area contributed by atoms with Crippen molar-refractivity contribution < 1.29 is 10.2 Å². The van der Waals surface area contributed by atoms with Gasteiger partial charge in [0.1, 0.15) is 0 Å². The van der Waals surface area contributed by atoms with Crippen molar-refractivity contribution in [3.8, 4) is 0 Å². The molecule has 0 spiro atoms. The molecule has 39 heavy (non-hydrogen) atoms. The van der Waals surface area contributed by atoms with E-state index in [-0.39, 0.29) is 12.2 Å². The number of aliphatic hydroxyl groups excluding tert-OH is 2. The number of unbranched alkanes of at least 4 members (excludes halogenated alkanes) is 23. The first-order valence-corrected chi connectivity index (χ1v) is 18.2. The summed E-state index contributed by atoms with van der Waals surface area (Å²) < 4.78 is 0. The summed E-state index contributed by atoms with van der Waals surface area (Å²) in [6.45, 7) is 9.32. The molecule has 0 saturated heterocycles. The van der Waals surface area contributed by atoms with E-state index >= 15 is 0 Å². The Bertz CT molecular complexity index is 420. The minimum atomic E-state index is -0.246. The molecule has 0 saturated carbocycles. The Balaban J connectivity index is 4.08. The van der Waals surface area contributed by atoms with Crippen LogP contribution in [-0.2, 0) is 0 Å². The van der Waals surface area contributed by atoms with Crippen LogP contribution in [0.2, 0.25) is 0 Å². The van der Waals surface area contributed by atoms with Crippen LogP contribution >= 0.6 is 0 Å². The highest BCUT2D eigenvalue weighted by atomic mass is 16.3. The number of nitrogens with zero attached hydrogens (tertiary/aromatic N) is 1. The maximum absolute atomic E-state index is 10.7. The van der Waals surface area contributed by atoms with Crippen molar-refractivity contribution in [3.05, 3.63) is 0 Å². The number of hydrogen-bond donors (Lipinski definition) is 2. The monoisotopic (exact) mass is 554 g/mol. The zero-order valence-corrected chi connectivity index (χ0v) is 27.4. The van der Waals surface area contributed by atoms with Gasteiger partial charge in [0, 0.05) is 13.1 Å². The van der Waals surface area contributed by atoms with Gasteiger partial charge in [-0.2, -0.15) is 0 Å². The average molecular weight is 554 g/mol. The quantitative estimate of drug-likeness (QED) is 0.0794. The Kier molecular flexibility index (Phi) is 32.3. The highest BCUT2D eigenvalue weighted by Gasteiger charge is 2.15. The molecule has 0 aromatic heterocycles. The van der Waals surface area contributed by atoms with Crippen molar-refractivity contribution in [2.75, 3.05) is 19.6 Å². The van der Waals surface area contributed by atoms with Gasteiger partial charge in [0.15, 0.2) is 0 Å². The lowest BCUT2D eigenvalue weighted by molar-refractivity contribution is 0.0596. The van der Waals surface area contributed by atoms with Crippen LogP contribution in [0.1, 0.15) is 201 Å². The molecule has 0 radical (unpaired) electrons. The van der Waals surface area contributed by atoms with Gasteiger partial charge in [0.2, 0.25) is 0 Å². The van der Waals surface area contributed by atoms with Crippen molar-refractivity contribution in [2.45, 2.75) is 213 Å². The molecule has 0 aliphatic heterocycles. The van der Waals surface area contributed by atoms with Crippen LogP contribution in [0.25, 0.3) is 0 Å². The third-order valence-corrected chi connectivity index (χ3v) is 8.55. The SMILES string of the molecule is CCCCCCCCCCCCCCCCN(CC(O)CCCCCCCC)CC(O)CCCCCCCC. The Morgan fingerprint density at radius 3 is 0.923 bits per heavy atom. The van der Waals surface area contributed by atoms with Gasteiger partial charge in [-0.25, -0.2) is 0 Å². The lowest BCUT2D eigenvalue weighted by atomic mass is 10.0. The van der Waals surface area contributed by atoms with Gasteiger partial charge in [-0.1, -0.05) is 181 Å². The van der Waals surface area contributed by atoms with E-state index in [0.717, 1.165) is 45.3 Å². The van der Waals surface area contributed by atoms with Crippen LogP contribution in [-0.4, -0.2) is 47.0 Å². The molecule has 2 atom stereocenters. The van der Waals surface area contributed by atoms with Crippen LogP contribution in [0, 0.1) is 0 Å². The molecule has 0 aliphatic rings. The molecule has 3 heteroatoms. The predicted octanol–water partition coefficient (Wildman–Crippen LogP) is 11.0. The molecule has 0 heterocycles. The number of hydrogen-bond acceptors (Lipinski definition) is 3. The number of rotatable bonds is 33. The highest BCUT2D eigenvalue weighted by molar-refractivity contribution is 4.70. The van der Waals surface area contributed by atoms with Gasteiger partial charge in [0.05, 0.1) is 12.2 Å². The normalized spacial score (nSPS) is 13.4. The predicted molar refractivity (Wildman–Crippen MR) is 175 cm³/mol. The third kappa shape index (κ3) is 30.7. The maximum atomic E-state index is 10.7. The smallest absolute Gasteiger partial charge is 0.0667 e. The van der Waals surface area contributed by atoms with Crippen LogP contribution < -0.4 is 0 Å². The van der Waals surface area contributed by atoms with E-state index in [1.165, 1.54) is 154 Å². The van der Waals surface area contributed by atoms with E-state index in [4.69, 9.17) is 0 Å². The van der Waals surface area contributed by atoms with E-state index in [2.05, 4.69) is 25.7 Å². The van der Waals surface area contributed by atoms with E-state index in [1.807, 2.05) is 0 Å². The van der Waals surface area contributed by atoms with E-state index in [1.54, 1.807) is 0 Å². The standard InChI is InChI=1S/C36H75NO2/c1-4-7-10-13-16-17-18-19-20-21-22-23-26-29-32-37(33-35(38)30-27-24-14-11-8-5-2)34-36(39)31-28-25-15-12-9-6-3/h35-36,38-39H,4-34H2,1-3H3. The topological polar surface area (TPSA) is 43.7 Å². The summed E-state index contributed by atoms with van der Waals surface area (Å²) in [5.41, 5.74) is 0. The van der Waals surface area contributed by atoms with Crippen molar-refractivity contribution >= 4 is 0 Å². The molecule has 2 N–H and O–H groups in total. The minimum absolute atomic E-state index is 0.246. The molecule has 236 valence electrons. The van der Waals surface area contributed by atoms with Crippen LogP contribution in [0.3, 0.4) is 0 Å². The summed E-state index contributed by atoms with van der Waals surface area (Å²) in [4.78, 5) is 2.38. The van der Waals surface area contributed by atoms with Gasteiger partial charge in [0.25, 0.3) is 0 Å². The average Bonchev–Trinajstić information content (AvgIpc) is 2.92. The molecule has 0 aliphatic carbocycles. The molecule has 0 rings (SSSR count). The van der Waals surface area contributed by atoms with Gasteiger partial charge in [-0.05, 0) is 25.8 Å². The lowest BCUT2D eigenvalue weighted by Gasteiger charge is -2.27. The summed E-state index contributed by atoms with van der Waals surface area (Å²) in [5, 5.41) is 21.4. The van der Waals surface area contributed by atoms with Crippen LogP contribution in [0.5, 0.6) is 0 Å². The first-order chi connectivity index (χ1) is 19.1. The Labute approximate surface area is 247 Å². The molecule has 3 nitrogen and oxygen atoms in total. The van der Waals surface area contributed by atoms with Gasteiger partial charge in [-0.3, -0.25) is 4.90 Å². The fraction of sp³-hybridized carbons (Fsp3) is 1.00. The van der Waals surface area contributed by atoms with Crippen LogP contribution in [0.4, 0.5) is 0 Å². The fourth-order valence-corrected chi connectivity index (χ4v) is 5.89. The summed E-state index contributed by atoms with van der Waals surface area (Å²) >= 11 is 0. The Morgan fingerprint density at radius 1 is 0.359 bits per heavy atom. The van der Waals surface area contributed by atoms with Crippen molar-refractivity contribution in [1.82, 2.24) is 4.90 Å². The van der Waals surface area contributed by atoms with Crippen molar-refractivity contribution in [3.63, 3.8) is 0 Å². The second-order valence-electron chi connectivity index (χ2n) is 12.8. The molecule has 0 fully saturated rings. The van der Waals surface area contributed by atoms with Crippen LogP contribution in [0.15, 0.2) is 0 Å². The van der Waals surface area contributed by atoms with Crippen molar-refractivity contribution in [2.24, 2.45) is 0 Å². The minimum Gasteiger partial charge on any atom is -0.392 e. The van der Waals surface area contributed by atoms with Crippen molar-refractivity contribution in [1.29, 1.82) is 0 Å². The highest BCUT2D eigenvalue weighted by Crippen LogP contribution is 2.15. The maximum Gasteiger partial charge on any atom is 0.0667 e. The Morgan fingerprint density at radius 2 is 0.615 bits per heavy atom. The molecule has 0 aromatic rings. The molecule has 0 amide bonds. The zero-order chi connectivity index (χ0) is 28.7. The zero-order valence-electron chi connectivity index (χ0n) is 27.4. The largest absolute Gasteiger partial charge is 0.392 e. The third-order valence-electron chi connectivity index (χ3n) is 8.55.